The molecule has 1 atom stereocenters. The molecule has 1 fully saturated rings. The summed E-state index contributed by atoms with van der Waals surface area (Å²) in [6.07, 6.45) is 4.50. The van der Waals surface area contributed by atoms with Gasteiger partial charge in [-0.15, -0.1) is 0 Å². The second-order valence-electron chi connectivity index (χ2n) is 7.21. The number of likely N-dealkylation sites (tertiary alicyclic amines) is 1. The lowest BCUT2D eigenvalue weighted by Gasteiger charge is -2.34. The summed E-state index contributed by atoms with van der Waals surface area (Å²) in [6, 6.07) is 1.70. The number of carbonyl (C=O) groups excluding carboxylic acids is 1. The van der Waals surface area contributed by atoms with E-state index in [2.05, 4.69) is 10.1 Å². The maximum atomic E-state index is 12.8. The number of piperidine rings is 1. The van der Waals surface area contributed by atoms with Gasteiger partial charge in [-0.3, -0.25) is 14.7 Å². The van der Waals surface area contributed by atoms with Crippen LogP contribution >= 0.6 is 0 Å². The van der Waals surface area contributed by atoms with Crippen molar-refractivity contribution in [1.29, 1.82) is 0 Å². The van der Waals surface area contributed by atoms with Gasteiger partial charge in [-0.05, 0) is 25.7 Å². The number of aromatic nitrogens is 3. The van der Waals surface area contributed by atoms with E-state index in [0.717, 1.165) is 12.8 Å². The third kappa shape index (κ3) is 4.22. The first kappa shape index (κ1) is 19.6. The highest BCUT2D eigenvalue weighted by Crippen LogP contribution is 2.19. The summed E-state index contributed by atoms with van der Waals surface area (Å²) in [5.41, 5.74) is 1.20. The quantitative estimate of drug-likeness (QED) is 0.767. The highest BCUT2D eigenvalue weighted by atomic mass is 32.2. The van der Waals surface area contributed by atoms with Crippen molar-refractivity contribution >= 4 is 21.6 Å². The number of carbonyl (C=O) groups is 1. The maximum Gasteiger partial charge on any atom is 0.276 e. The van der Waals surface area contributed by atoms with Crippen LogP contribution in [-0.4, -0.2) is 71.1 Å². The molecular formula is C17H25N5O4S. The van der Waals surface area contributed by atoms with Crippen molar-refractivity contribution in [3.8, 4) is 0 Å². The van der Waals surface area contributed by atoms with Crippen LogP contribution in [0, 0.1) is 12.8 Å². The number of fused-ring (bicyclic) bond motifs is 1. The summed E-state index contributed by atoms with van der Waals surface area (Å²) >= 11 is 0. The van der Waals surface area contributed by atoms with Crippen LogP contribution < -0.4 is 5.56 Å². The van der Waals surface area contributed by atoms with E-state index >= 15 is 0 Å². The van der Waals surface area contributed by atoms with Gasteiger partial charge in [0, 0.05) is 50.2 Å². The van der Waals surface area contributed by atoms with E-state index in [9.17, 15) is 18.0 Å². The van der Waals surface area contributed by atoms with Gasteiger partial charge in [0.25, 0.3) is 5.56 Å². The molecule has 1 aliphatic rings. The standard InChI is InChI=1S/C17H25N5O4S/c1-12-14(17(24)22-15(19-12)6-7-18-22)9-16(23)21-8-4-5-13(11-21)10-20(2)27(3,25)26/h6-7,13,18H,4-5,8-11H2,1-3H3. The van der Waals surface area contributed by atoms with E-state index in [4.69, 9.17) is 0 Å². The smallest absolute Gasteiger partial charge is 0.276 e. The summed E-state index contributed by atoms with van der Waals surface area (Å²) in [6.45, 7) is 3.24. The molecule has 0 bridgehead atoms. The Kier molecular flexibility index (Phi) is 5.38. The molecule has 9 nitrogen and oxygen atoms in total. The van der Waals surface area contributed by atoms with Crippen LogP contribution in [0.5, 0.6) is 0 Å². The lowest BCUT2D eigenvalue weighted by Crippen LogP contribution is -2.45. The Balaban J connectivity index is 1.72. The minimum atomic E-state index is -3.24. The lowest BCUT2D eigenvalue weighted by molar-refractivity contribution is -0.132. The number of rotatable bonds is 5. The van der Waals surface area contributed by atoms with Crippen LogP contribution in [0.3, 0.4) is 0 Å². The zero-order valence-corrected chi connectivity index (χ0v) is 16.6. The van der Waals surface area contributed by atoms with Gasteiger partial charge in [-0.25, -0.2) is 22.2 Å². The van der Waals surface area contributed by atoms with Gasteiger partial charge in [0.1, 0.15) is 0 Å². The first-order chi connectivity index (χ1) is 12.7. The molecule has 0 aromatic carbocycles. The van der Waals surface area contributed by atoms with Crippen LogP contribution in [0.1, 0.15) is 24.1 Å². The van der Waals surface area contributed by atoms with E-state index in [-0.39, 0.29) is 23.8 Å². The molecule has 0 radical (unpaired) electrons. The molecule has 148 valence electrons. The van der Waals surface area contributed by atoms with Crippen LogP contribution in [0.2, 0.25) is 0 Å². The van der Waals surface area contributed by atoms with Crippen LogP contribution in [-0.2, 0) is 21.2 Å². The van der Waals surface area contributed by atoms with Gasteiger partial charge < -0.3 is 4.90 Å². The number of amides is 1. The highest BCUT2D eigenvalue weighted by molar-refractivity contribution is 7.88. The average Bonchev–Trinajstić information content (AvgIpc) is 3.06. The third-order valence-electron chi connectivity index (χ3n) is 5.13. The molecule has 2 aromatic heterocycles. The fraction of sp³-hybridized carbons (Fsp3) is 0.588. The molecule has 3 rings (SSSR count). The van der Waals surface area contributed by atoms with Gasteiger partial charge >= 0.3 is 0 Å². The minimum Gasteiger partial charge on any atom is -0.342 e. The molecule has 1 saturated heterocycles. The Morgan fingerprint density at radius 2 is 2.19 bits per heavy atom. The molecule has 10 heteroatoms. The van der Waals surface area contributed by atoms with E-state index < -0.39 is 10.0 Å². The fourth-order valence-corrected chi connectivity index (χ4v) is 3.99. The first-order valence-corrected chi connectivity index (χ1v) is 10.8. The van der Waals surface area contributed by atoms with Gasteiger partial charge in [-0.1, -0.05) is 0 Å². The second-order valence-corrected chi connectivity index (χ2v) is 9.29. The third-order valence-corrected chi connectivity index (χ3v) is 6.41. The largest absolute Gasteiger partial charge is 0.342 e. The average molecular weight is 395 g/mol. The summed E-state index contributed by atoms with van der Waals surface area (Å²) in [5, 5.41) is 2.81. The highest BCUT2D eigenvalue weighted by Gasteiger charge is 2.27. The van der Waals surface area contributed by atoms with Crippen LogP contribution in [0.15, 0.2) is 17.1 Å². The normalized spacial score (nSPS) is 18.4. The first-order valence-electron chi connectivity index (χ1n) is 8.91. The molecule has 0 aliphatic carbocycles. The Bertz CT molecular complexity index is 1010. The second kappa shape index (κ2) is 7.43. The number of hydrogen-bond donors (Lipinski definition) is 1. The minimum absolute atomic E-state index is 0.00569. The molecule has 1 aliphatic heterocycles. The monoisotopic (exact) mass is 395 g/mol. The predicted octanol–water partition coefficient (Wildman–Crippen LogP) is 0.00352. The number of sulfonamides is 1. The summed E-state index contributed by atoms with van der Waals surface area (Å²) in [4.78, 5) is 31.5. The zero-order chi connectivity index (χ0) is 19.8. The molecule has 2 aromatic rings. The molecule has 1 N–H and O–H groups in total. The van der Waals surface area contributed by atoms with Gasteiger partial charge in [0.05, 0.1) is 12.7 Å². The van der Waals surface area contributed by atoms with Crippen molar-refractivity contribution in [2.45, 2.75) is 26.2 Å². The summed E-state index contributed by atoms with van der Waals surface area (Å²) in [5.74, 6) is -0.0381. The van der Waals surface area contributed by atoms with Crippen molar-refractivity contribution in [2.24, 2.45) is 5.92 Å². The van der Waals surface area contributed by atoms with E-state index in [1.54, 1.807) is 31.1 Å². The van der Waals surface area contributed by atoms with E-state index in [1.807, 2.05) is 0 Å². The molecule has 0 spiro atoms. The molecule has 27 heavy (non-hydrogen) atoms. The number of H-pyrrole nitrogens is 1. The maximum absolute atomic E-state index is 12.8. The van der Waals surface area contributed by atoms with Crippen molar-refractivity contribution in [3.05, 3.63) is 33.9 Å². The van der Waals surface area contributed by atoms with E-state index in [0.29, 0.717) is 36.5 Å². The molecule has 1 amide bonds. The molecular weight excluding hydrogens is 370 g/mol. The van der Waals surface area contributed by atoms with Crippen molar-refractivity contribution < 1.29 is 13.2 Å². The molecule has 3 heterocycles. The van der Waals surface area contributed by atoms with Crippen LogP contribution in [0.25, 0.3) is 5.65 Å². The molecule has 0 saturated carbocycles. The summed E-state index contributed by atoms with van der Waals surface area (Å²) in [7, 11) is -1.69. The topological polar surface area (TPSA) is 108 Å². The van der Waals surface area contributed by atoms with Gasteiger partial charge in [0.15, 0.2) is 5.65 Å². The van der Waals surface area contributed by atoms with Crippen molar-refractivity contribution in [3.63, 3.8) is 0 Å². The Morgan fingerprint density at radius 3 is 2.89 bits per heavy atom. The Labute approximate surface area is 158 Å². The van der Waals surface area contributed by atoms with Gasteiger partial charge in [-0.2, -0.15) is 0 Å². The fourth-order valence-electron chi connectivity index (χ4n) is 3.51. The predicted molar refractivity (Wildman–Crippen MR) is 101 cm³/mol. The number of aryl methyl sites for hydroxylation is 1. The van der Waals surface area contributed by atoms with Crippen molar-refractivity contribution in [1.82, 2.24) is 23.8 Å². The Morgan fingerprint density at radius 1 is 1.44 bits per heavy atom. The number of nitrogens with one attached hydrogen (secondary N) is 1. The van der Waals surface area contributed by atoms with Crippen molar-refractivity contribution in [2.75, 3.05) is 32.9 Å². The number of aromatic amines is 1. The Hall–Kier alpha value is -2.20. The summed E-state index contributed by atoms with van der Waals surface area (Å²) < 4.78 is 25.9. The van der Waals surface area contributed by atoms with E-state index in [1.165, 1.54) is 15.1 Å². The number of nitrogens with zero attached hydrogens (tertiary/aromatic N) is 4. The lowest BCUT2D eigenvalue weighted by atomic mass is 9.97. The van der Waals surface area contributed by atoms with Gasteiger partial charge in [0.2, 0.25) is 15.9 Å². The zero-order valence-electron chi connectivity index (χ0n) is 15.8. The SMILES string of the molecule is Cc1nc2cc[nH]n2c(=O)c1CC(=O)N1CCCC(CN(C)S(C)(=O)=O)C1. The molecule has 1 unspecified atom stereocenters. The number of hydrogen-bond acceptors (Lipinski definition) is 5. The van der Waals surface area contributed by atoms with Crippen LogP contribution in [0.4, 0.5) is 0 Å².